The molecule has 94 valence electrons. The number of pyridine rings is 1. The number of aromatic nitrogens is 1. The summed E-state index contributed by atoms with van der Waals surface area (Å²) in [6.45, 7) is 2.42. The first-order valence-corrected chi connectivity index (χ1v) is 6.74. The van der Waals surface area contributed by atoms with Crippen LogP contribution in [0, 0.1) is 6.92 Å². The maximum absolute atomic E-state index is 9.20. The lowest BCUT2D eigenvalue weighted by atomic mass is 10.2. The first kappa shape index (κ1) is 12.9. The number of aryl methyl sites for hydroxylation is 1. The van der Waals surface area contributed by atoms with Crippen LogP contribution in [0.4, 0.5) is 0 Å². The molecule has 3 nitrogen and oxygen atoms in total. The molecule has 0 aliphatic carbocycles. The normalized spacial score (nSPS) is 10.3. The molecule has 0 saturated heterocycles. The molecule has 4 heteroatoms. The zero-order chi connectivity index (χ0) is 13.0. The molecule has 18 heavy (non-hydrogen) atoms. The molecule has 0 radical (unpaired) electrons. The number of ether oxygens (including phenoxy) is 1. The van der Waals surface area contributed by atoms with Crippen molar-refractivity contribution in [3.05, 3.63) is 53.3 Å². The van der Waals surface area contributed by atoms with Crippen LogP contribution in [0.1, 0.15) is 17.0 Å². The number of hydrogen-bond acceptors (Lipinski definition) is 3. The smallest absolute Gasteiger partial charge is 0.142 e. The van der Waals surface area contributed by atoms with Gasteiger partial charge in [0, 0.05) is 11.0 Å². The van der Waals surface area contributed by atoms with Crippen molar-refractivity contribution in [1.29, 1.82) is 0 Å². The fourth-order valence-corrected chi connectivity index (χ4v) is 1.98. The van der Waals surface area contributed by atoms with E-state index in [0.717, 1.165) is 22.7 Å². The molecule has 0 amide bonds. The second-order valence-electron chi connectivity index (χ2n) is 3.99. The van der Waals surface area contributed by atoms with Gasteiger partial charge in [0.05, 0.1) is 5.69 Å². The molecule has 0 saturated carbocycles. The molecule has 1 aromatic heterocycles. The predicted molar refractivity (Wildman–Crippen MR) is 74.0 cm³/mol. The average Bonchev–Trinajstić information content (AvgIpc) is 2.39. The van der Waals surface area contributed by atoms with Crippen molar-refractivity contribution in [2.45, 2.75) is 18.9 Å². The van der Waals surface area contributed by atoms with Crippen molar-refractivity contribution in [2.24, 2.45) is 0 Å². The fourth-order valence-electron chi connectivity index (χ4n) is 1.58. The number of phenols is 1. The molecule has 0 aliphatic heterocycles. The zero-order valence-corrected chi connectivity index (χ0v) is 11.6. The van der Waals surface area contributed by atoms with Gasteiger partial charge in [-0.3, -0.25) is 4.98 Å². The quantitative estimate of drug-likeness (QED) is 0.878. The Morgan fingerprint density at radius 3 is 2.56 bits per heavy atom. The summed E-state index contributed by atoms with van der Waals surface area (Å²) in [4.78, 5) is 4.41. The van der Waals surface area contributed by atoms with Crippen molar-refractivity contribution >= 4 is 15.9 Å². The van der Waals surface area contributed by atoms with Crippen LogP contribution in [0.15, 0.2) is 36.4 Å². The molecule has 1 N–H and O–H groups in total. The van der Waals surface area contributed by atoms with E-state index < -0.39 is 0 Å². The van der Waals surface area contributed by atoms with Crippen LogP contribution >= 0.6 is 15.9 Å². The van der Waals surface area contributed by atoms with Crippen LogP contribution in [0.5, 0.6) is 11.5 Å². The first-order chi connectivity index (χ1) is 8.69. The summed E-state index contributed by atoms with van der Waals surface area (Å²) >= 11 is 3.40. The van der Waals surface area contributed by atoms with E-state index in [1.54, 1.807) is 12.1 Å². The van der Waals surface area contributed by atoms with E-state index in [-0.39, 0.29) is 5.75 Å². The third-order valence-corrected chi connectivity index (χ3v) is 3.06. The number of nitrogens with zero attached hydrogens (tertiary/aromatic N) is 1. The van der Waals surface area contributed by atoms with Crippen LogP contribution in [-0.2, 0) is 11.9 Å². The minimum atomic E-state index is 0.261. The molecular formula is C14H14BrNO2. The van der Waals surface area contributed by atoms with E-state index in [4.69, 9.17) is 4.74 Å². The van der Waals surface area contributed by atoms with Crippen molar-refractivity contribution < 1.29 is 9.84 Å². The highest BCUT2D eigenvalue weighted by Crippen LogP contribution is 2.21. The monoisotopic (exact) mass is 307 g/mol. The number of phenolic OH excluding ortho intramolecular Hbond substituents is 1. The maximum atomic E-state index is 9.20. The van der Waals surface area contributed by atoms with Crippen molar-refractivity contribution in [3.8, 4) is 11.5 Å². The van der Waals surface area contributed by atoms with Crippen molar-refractivity contribution in [2.75, 3.05) is 0 Å². The SMILES string of the molecule is Cc1ccc(OCc2ccc(O)cc2)c(CBr)n1. The fraction of sp³-hybridized carbons (Fsp3) is 0.214. The summed E-state index contributed by atoms with van der Waals surface area (Å²) in [5.74, 6) is 1.04. The lowest BCUT2D eigenvalue weighted by Crippen LogP contribution is -2.00. The van der Waals surface area contributed by atoms with Gasteiger partial charge >= 0.3 is 0 Å². The second-order valence-corrected chi connectivity index (χ2v) is 4.55. The molecule has 0 atom stereocenters. The standard InChI is InChI=1S/C14H14BrNO2/c1-10-2-7-14(13(8-15)16-10)18-9-11-3-5-12(17)6-4-11/h2-7,17H,8-9H2,1H3. The van der Waals surface area contributed by atoms with Gasteiger partial charge in [-0.15, -0.1) is 0 Å². The van der Waals surface area contributed by atoms with E-state index in [2.05, 4.69) is 20.9 Å². The first-order valence-electron chi connectivity index (χ1n) is 5.62. The third-order valence-electron chi connectivity index (χ3n) is 2.53. The Morgan fingerprint density at radius 1 is 1.17 bits per heavy atom. The maximum Gasteiger partial charge on any atom is 0.142 e. The van der Waals surface area contributed by atoms with Crippen LogP contribution in [0.2, 0.25) is 0 Å². The highest BCUT2D eigenvalue weighted by molar-refractivity contribution is 9.08. The highest BCUT2D eigenvalue weighted by atomic mass is 79.9. The van der Waals surface area contributed by atoms with Gasteiger partial charge in [0.15, 0.2) is 0 Å². The summed E-state index contributed by atoms with van der Waals surface area (Å²) in [6.07, 6.45) is 0. The number of aromatic hydroxyl groups is 1. The van der Waals surface area contributed by atoms with E-state index in [1.807, 2.05) is 31.2 Å². The summed E-state index contributed by atoms with van der Waals surface area (Å²) in [7, 11) is 0. The summed E-state index contributed by atoms with van der Waals surface area (Å²) in [5.41, 5.74) is 2.88. The average molecular weight is 308 g/mol. The van der Waals surface area contributed by atoms with Crippen LogP contribution in [0.3, 0.4) is 0 Å². The molecule has 2 rings (SSSR count). The summed E-state index contributed by atoms with van der Waals surface area (Å²) in [6, 6.07) is 10.8. The van der Waals surface area contributed by atoms with Gasteiger partial charge in [0.1, 0.15) is 18.1 Å². The largest absolute Gasteiger partial charge is 0.508 e. The van der Waals surface area contributed by atoms with Gasteiger partial charge in [-0.05, 0) is 36.8 Å². The molecule has 2 aromatic rings. The van der Waals surface area contributed by atoms with Gasteiger partial charge < -0.3 is 9.84 Å². The van der Waals surface area contributed by atoms with E-state index in [9.17, 15) is 5.11 Å². The summed E-state index contributed by atoms with van der Waals surface area (Å²) in [5, 5.41) is 9.86. The Balaban J connectivity index is 2.08. The number of alkyl halides is 1. The van der Waals surface area contributed by atoms with E-state index in [0.29, 0.717) is 11.9 Å². The van der Waals surface area contributed by atoms with Gasteiger partial charge in [0.2, 0.25) is 0 Å². The molecule has 0 unspecified atom stereocenters. The Labute approximate surface area is 115 Å². The molecule has 0 spiro atoms. The minimum absolute atomic E-state index is 0.261. The molecule has 0 aliphatic rings. The third kappa shape index (κ3) is 3.23. The lowest BCUT2D eigenvalue weighted by Gasteiger charge is -2.10. The summed E-state index contributed by atoms with van der Waals surface area (Å²) < 4.78 is 5.73. The Kier molecular flexibility index (Phi) is 4.20. The van der Waals surface area contributed by atoms with E-state index in [1.165, 1.54) is 0 Å². The Morgan fingerprint density at radius 2 is 1.89 bits per heavy atom. The number of halogens is 1. The predicted octanol–water partition coefficient (Wildman–Crippen LogP) is 3.57. The van der Waals surface area contributed by atoms with Crippen LogP contribution < -0.4 is 4.74 Å². The molecule has 0 fully saturated rings. The van der Waals surface area contributed by atoms with Crippen molar-refractivity contribution in [1.82, 2.24) is 4.98 Å². The van der Waals surface area contributed by atoms with Gasteiger partial charge in [-0.25, -0.2) is 0 Å². The number of hydrogen-bond donors (Lipinski definition) is 1. The number of rotatable bonds is 4. The molecule has 1 heterocycles. The molecule has 1 aromatic carbocycles. The molecular weight excluding hydrogens is 294 g/mol. The van der Waals surface area contributed by atoms with Crippen molar-refractivity contribution in [3.63, 3.8) is 0 Å². The Hall–Kier alpha value is -1.55. The lowest BCUT2D eigenvalue weighted by molar-refractivity contribution is 0.302. The van der Waals surface area contributed by atoms with Crippen LogP contribution in [0.25, 0.3) is 0 Å². The van der Waals surface area contributed by atoms with E-state index >= 15 is 0 Å². The minimum Gasteiger partial charge on any atom is -0.508 e. The van der Waals surface area contributed by atoms with Gasteiger partial charge in [0.25, 0.3) is 0 Å². The molecule has 0 bridgehead atoms. The highest BCUT2D eigenvalue weighted by Gasteiger charge is 2.05. The number of benzene rings is 1. The topological polar surface area (TPSA) is 42.4 Å². The zero-order valence-electron chi connectivity index (χ0n) is 10.1. The van der Waals surface area contributed by atoms with Gasteiger partial charge in [-0.1, -0.05) is 28.1 Å². The van der Waals surface area contributed by atoms with Crippen LogP contribution in [-0.4, -0.2) is 10.1 Å². The van der Waals surface area contributed by atoms with Gasteiger partial charge in [-0.2, -0.15) is 0 Å². The second kappa shape index (κ2) is 5.87. The Bertz CT molecular complexity index is 526.